The molecule has 124 valence electrons. The van der Waals surface area contributed by atoms with Crippen LogP contribution >= 0.6 is 0 Å². The van der Waals surface area contributed by atoms with Crippen molar-refractivity contribution in [2.45, 2.75) is 20.3 Å². The molecular formula is C18H21N5O. The van der Waals surface area contributed by atoms with Crippen LogP contribution in [-0.2, 0) is 11.2 Å². The fraction of sp³-hybridized carbons (Fsp3) is 0.389. The second-order valence-corrected chi connectivity index (χ2v) is 6.00. The van der Waals surface area contributed by atoms with E-state index in [4.69, 9.17) is 14.7 Å². The Labute approximate surface area is 141 Å². The van der Waals surface area contributed by atoms with Crippen molar-refractivity contribution in [2.75, 3.05) is 31.2 Å². The fourth-order valence-corrected chi connectivity index (χ4v) is 3.25. The van der Waals surface area contributed by atoms with Crippen molar-refractivity contribution in [1.29, 1.82) is 0 Å². The summed E-state index contributed by atoms with van der Waals surface area (Å²) in [4.78, 5) is 16.3. The van der Waals surface area contributed by atoms with Crippen LogP contribution < -0.4 is 4.90 Å². The van der Waals surface area contributed by atoms with Gasteiger partial charge in [-0.1, -0.05) is 6.92 Å². The summed E-state index contributed by atoms with van der Waals surface area (Å²) in [6.45, 7) is 7.31. The number of hydrogen-bond acceptors (Lipinski definition) is 5. The normalized spacial score (nSPS) is 15.2. The van der Waals surface area contributed by atoms with Crippen molar-refractivity contribution in [3.8, 4) is 11.3 Å². The van der Waals surface area contributed by atoms with Crippen LogP contribution in [0.3, 0.4) is 0 Å². The third kappa shape index (κ3) is 2.53. The van der Waals surface area contributed by atoms with Crippen molar-refractivity contribution in [2.24, 2.45) is 0 Å². The zero-order chi connectivity index (χ0) is 16.5. The first kappa shape index (κ1) is 15.1. The van der Waals surface area contributed by atoms with E-state index in [-0.39, 0.29) is 0 Å². The van der Waals surface area contributed by atoms with Crippen LogP contribution in [0.4, 0.5) is 5.82 Å². The molecule has 4 rings (SSSR count). The molecule has 0 saturated carbocycles. The zero-order valence-corrected chi connectivity index (χ0v) is 14.1. The summed E-state index contributed by atoms with van der Waals surface area (Å²) in [6.07, 6.45) is 6.64. The molecule has 6 heteroatoms. The lowest BCUT2D eigenvalue weighted by atomic mass is 10.1. The summed E-state index contributed by atoms with van der Waals surface area (Å²) in [5.41, 5.74) is 5.12. The highest BCUT2D eigenvalue weighted by Crippen LogP contribution is 2.29. The van der Waals surface area contributed by atoms with Gasteiger partial charge >= 0.3 is 0 Å². The predicted molar refractivity (Wildman–Crippen MR) is 93.4 cm³/mol. The molecule has 3 aromatic heterocycles. The summed E-state index contributed by atoms with van der Waals surface area (Å²) in [6, 6.07) is 4.02. The Morgan fingerprint density at radius 2 is 2.04 bits per heavy atom. The van der Waals surface area contributed by atoms with Gasteiger partial charge in [-0.05, 0) is 25.5 Å². The van der Waals surface area contributed by atoms with Crippen LogP contribution in [0.2, 0.25) is 0 Å². The Kier molecular flexibility index (Phi) is 3.90. The van der Waals surface area contributed by atoms with Gasteiger partial charge in [0.2, 0.25) is 0 Å². The highest BCUT2D eigenvalue weighted by Gasteiger charge is 2.21. The van der Waals surface area contributed by atoms with E-state index >= 15 is 0 Å². The smallest absolute Gasteiger partial charge is 0.180 e. The number of ether oxygens (including phenoxy) is 1. The van der Waals surface area contributed by atoms with Crippen LogP contribution in [0, 0.1) is 6.92 Å². The van der Waals surface area contributed by atoms with E-state index in [9.17, 15) is 0 Å². The van der Waals surface area contributed by atoms with Gasteiger partial charge in [-0.25, -0.2) is 9.97 Å². The highest BCUT2D eigenvalue weighted by atomic mass is 16.5. The monoisotopic (exact) mass is 323 g/mol. The Hall–Kier alpha value is -2.47. The van der Waals surface area contributed by atoms with Crippen molar-refractivity contribution >= 4 is 11.5 Å². The lowest BCUT2D eigenvalue weighted by molar-refractivity contribution is 0.122. The zero-order valence-electron chi connectivity index (χ0n) is 14.1. The first-order valence-electron chi connectivity index (χ1n) is 8.39. The minimum Gasteiger partial charge on any atom is -0.378 e. The van der Waals surface area contributed by atoms with Gasteiger partial charge in [0.1, 0.15) is 0 Å². The number of aryl methyl sites for hydroxylation is 2. The molecule has 0 aliphatic carbocycles. The summed E-state index contributed by atoms with van der Waals surface area (Å²) in [7, 11) is 0. The van der Waals surface area contributed by atoms with Gasteiger partial charge < -0.3 is 9.64 Å². The molecule has 4 heterocycles. The molecule has 3 aromatic rings. The topological polar surface area (TPSA) is 55.5 Å². The maximum absolute atomic E-state index is 5.49. The predicted octanol–water partition coefficient (Wildman–Crippen LogP) is 2.50. The molecule has 6 nitrogen and oxygen atoms in total. The third-order valence-electron chi connectivity index (χ3n) is 4.39. The summed E-state index contributed by atoms with van der Waals surface area (Å²) in [5, 5.41) is 0. The minimum atomic E-state index is 0.727. The molecule has 0 bridgehead atoms. The molecule has 0 radical (unpaired) electrons. The van der Waals surface area contributed by atoms with Gasteiger partial charge in [-0.2, -0.15) is 0 Å². The van der Waals surface area contributed by atoms with Crippen LogP contribution in [0.1, 0.15) is 18.3 Å². The van der Waals surface area contributed by atoms with E-state index in [2.05, 4.69) is 33.5 Å². The molecule has 1 saturated heterocycles. The molecule has 1 aliphatic heterocycles. The van der Waals surface area contributed by atoms with Gasteiger partial charge in [-0.3, -0.25) is 9.38 Å². The fourth-order valence-electron chi connectivity index (χ4n) is 3.25. The first-order chi connectivity index (χ1) is 11.8. The van der Waals surface area contributed by atoms with Gasteiger partial charge in [0.05, 0.1) is 30.3 Å². The first-order valence-corrected chi connectivity index (χ1v) is 8.39. The molecule has 1 fully saturated rings. The lowest BCUT2D eigenvalue weighted by Gasteiger charge is -2.29. The average Bonchev–Trinajstić information content (AvgIpc) is 3.03. The average molecular weight is 323 g/mol. The van der Waals surface area contributed by atoms with E-state index in [0.29, 0.717) is 0 Å². The van der Waals surface area contributed by atoms with Gasteiger partial charge in [0.15, 0.2) is 11.5 Å². The number of fused-ring (bicyclic) bond motifs is 1. The van der Waals surface area contributed by atoms with E-state index in [0.717, 1.165) is 66.8 Å². The van der Waals surface area contributed by atoms with Crippen LogP contribution in [0.15, 0.2) is 30.7 Å². The summed E-state index contributed by atoms with van der Waals surface area (Å²) < 4.78 is 7.68. The number of imidazole rings is 1. The Bertz CT molecular complexity index is 853. The van der Waals surface area contributed by atoms with Crippen molar-refractivity contribution < 1.29 is 4.74 Å². The molecule has 0 N–H and O–H groups in total. The molecule has 24 heavy (non-hydrogen) atoms. The minimum absolute atomic E-state index is 0.727. The van der Waals surface area contributed by atoms with E-state index < -0.39 is 0 Å². The Morgan fingerprint density at radius 3 is 2.75 bits per heavy atom. The highest BCUT2D eigenvalue weighted by molar-refractivity contribution is 5.72. The molecular weight excluding hydrogens is 302 g/mol. The largest absolute Gasteiger partial charge is 0.378 e. The molecule has 0 aromatic carbocycles. The summed E-state index contributed by atoms with van der Waals surface area (Å²) in [5.74, 6) is 0.933. The second kappa shape index (κ2) is 6.20. The molecule has 0 spiro atoms. The quantitative estimate of drug-likeness (QED) is 0.741. The lowest BCUT2D eigenvalue weighted by Crippen LogP contribution is -2.37. The van der Waals surface area contributed by atoms with Crippen molar-refractivity contribution in [3.05, 3.63) is 42.1 Å². The van der Waals surface area contributed by atoms with Crippen molar-refractivity contribution in [3.63, 3.8) is 0 Å². The van der Waals surface area contributed by atoms with E-state index in [1.165, 1.54) is 0 Å². The second-order valence-electron chi connectivity index (χ2n) is 6.00. The van der Waals surface area contributed by atoms with Gasteiger partial charge in [0.25, 0.3) is 0 Å². The number of pyridine rings is 1. The Balaban J connectivity index is 1.97. The van der Waals surface area contributed by atoms with Crippen molar-refractivity contribution in [1.82, 2.24) is 19.4 Å². The number of nitrogens with zero attached hydrogens (tertiary/aromatic N) is 5. The third-order valence-corrected chi connectivity index (χ3v) is 4.39. The van der Waals surface area contributed by atoms with Crippen LogP contribution in [-0.4, -0.2) is 45.7 Å². The molecule has 0 unspecified atom stereocenters. The maximum atomic E-state index is 5.49. The Morgan fingerprint density at radius 1 is 1.21 bits per heavy atom. The SMILES string of the molecule is CCc1c(-c2cccnc2)nc(N2CCOCC2)c2nc(C)cn12. The van der Waals surface area contributed by atoms with E-state index in [1.54, 1.807) is 6.20 Å². The maximum Gasteiger partial charge on any atom is 0.180 e. The van der Waals surface area contributed by atoms with Crippen LogP contribution in [0.5, 0.6) is 0 Å². The van der Waals surface area contributed by atoms with Crippen LogP contribution in [0.25, 0.3) is 16.9 Å². The van der Waals surface area contributed by atoms with Gasteiger partial charge in [-0.15, -0.1) is 0 Å². The molecule has 0 atom stereocenters. The summed E-state index contributed by atoms with van der Waals surface area (Å²) >= 11 is 0. The number of rotatable bonds is 3. The van der Waals surface area contributed by atoms with Gasteiger partial charge in [0, 0.05) is 37.2 Å². The van der Waals surface area contributed by atoms with E-state index in [1.807, 2.05) is 19.2 Å². The molecule has 1 aliphatic rings. The standard InChI is InChI=1S/C18H21N5O/c1-3-15-16(14-5-4-6-19-11-14)21-17(22-7-9-24-10-8-22)18-20-13(2)12-23(15)18/h4-6,11-12H,3,7-10H2,1-2H3. The number of hydrogen-bond donors (Lipinski definition) is 0. The number of morpholine rings is 1. The number of aromatic nitrogens is 4. The molecule has 0 amide bonds. The number of anilines is 1.